The summed E-state index contributed by atoms with van der Waals surface area (Å²) in [6.07, 6.45) is 1.92. The second kappa shape index (κ2) is 5.51. The predicted octanol–water partition coefficient (Wildman–Crippen LogP) is 2.82. The lowest BCUT2D eigenvalue weighted by Gasteiger charge is -2.10. The molecule has 0 aliphatic carbocycles. The number of rotatable bonds is 3. The van der Waals surface area contributed by atoms with Gasteiger partial charge in [0.1, 0.15) is 5.82 Å². The molecule has 0 amide bonds. The van der Waals surface area contributed by atoms with E-state index in [0.29, 0.717) is 16.7 Å². The van der Waals surface area contributed by atoms with Crippen LogP contribution in [0.3, 0.4) is 0 Å². The first-order chi connectivity index (χ1) is 11.2. The zero-order chi connectivity index (χ0) is 15.8. The monoisotopic (exact) mass is 323 g/mol. The molecule has 0 unspecified atom stereocenters. The highest BCUT2D eigenvalue weighted by atomic mass is 32.2. The summed E-state index contributed by atoms with van der Waals surface area (Å²) in [5.41, 5.74) is 1.37. The van der Waals surface area contributed by atoms with Gasteiger partial charge in [0.25, 0.3) is 5.56 Å². The van der Waals surface area contributed by atoms with Crippen LogP contribution in [0.25, 0.3) is 16.6 Å². The molecule has 0 radical (unpaired) electrons. The van der Waals surface area contributed by atoms with Gasteiger partial charge < -0.3 is 4.98 Å². The van der Waals surface area contributed by atoms with E-state index < -0.39 is 0 Å². The van der Waals surface area contributed by atoms with Crippen molar-refractivity contribution in [3.63, 3.8) is 0 Å². The molecule has 1 N–H and O–H groups in total. The smallest absolute Gasteiger partial charge is 0.258 e. The number of aromatic nitrogens is 5. The standard InChI is InChI=1S/C16H13N5OS/c1-10(23-16-20-19-13-8-4-5-9-21(13)16)14-17-12-7-3-2-6-11(12)15(22)18-14/h2-10H,1H3,(H,17,18,22)/t10-/m1/s1. The molecule has 4 rings (SSSR count). The van der Waals surface area contributed by atoms with Crippen LogP contribution in [0.4, 0.5) is 0 Å². The normalized spacial score (nSPS) is 12.7. The van der Waals surface area contributed by atoms with Crippen LogP contribution in [0.1, 0.15) is 18.0 Å². The van der Waals surface area contributed by atoms with Crippen molar-refractivity contribution in [1.82, 2.24) is 24.6 Å². The third kappa shape index (κ3) is 2.49. The first-order valence-corrected chi connectivity index (χ1v) is 8.06. The molecule has 0 spiro atoms. The Kier molecular flexibility index (Phi) is 3.34. The van der Waals surface area contributed by atoms with E-state index in [0.717, 1.165) is 10.8 Å². The molecule has 114 valence electrons. The van der Waals surface area contributed by atoms with E-state index in [-0.39, 0.29) is 10.8 Å². The lowest BCUT2D eigenvalue weighted by Crippen LogP contribution is -2.12. The fraction of sp³-hybridized carbons (Fsp3) is 0.125. The van der Waals surface area contributed by atoms with Gasteiger partial charge in [-0.1, -0.05) is 30.0 Å². The van der Waals surface area contributed by atoms with E-state index >= 15 is 0 Å². The number of benzene rings is 1. The van der Waals surface area contributed by atoms with Crippen molar-refractivity contribution in [1.29, 1.82) is 0 Å². The average Bonchev–Trinajstić information content (AvgIpc) is 2.98. The Balaban J connectivity index is 1.72. The molecular formula is C16H13N5OS. The summed E-state index contributed by atoms with van der Waals surface area (Å²) in [6.45, 7) is 1.99. The maximum Gasteiger partial charge on any atom is 0.258 e. The number of nitrogens with zero attached hydrogens (tertiary/aromatic N) is 4. The summed E-state index contributed by atoms with van der Waals surface area (Å²) in [7, 11) is 0. The van der Waals surface area contributed by atoms with Crippen LogP contribution in [-0.4, -0.2) is 24.6 Å². The van der Waals surface area contributed by atoms with Gasteiger partial charge in [0, 0.05) is 6.20 Å². The van der Waals surface area contributed by atoms with Crippen molar-refractivity contribution >= 4 is 28.3 Å². The van der Waals surface area contributed by atoms with Gasteiger partial charge >= 0.3 is 0 Å². The summed E-state index contributed by atoms with van der Waals surface area (Å²) in [5.74, 6) is 0.631. The maximum atomic E-state index is 12.2. The molecule has 0 aliphatic heterocycles. The summed E-state index contributed by atoms with van der Waals surface area (Å²) in [4.78, 5) is 19.6. The van der Waals surface area contributed by atoms with Crippen LogP contribution >= 0.6 is 11.8 Å². The number of aromatic amines is 1. The molecule has 0 saturated carbocycles. The SMILES string of the molecule is C[C@@H](Sc1nnc2ccccn12)c1nc2ccccc2c(=O)[nH]1. The molecule has 7 heteroatoms. The topological polar surface area (TPSA) is 75.9 Å². The minimum Gasteiger partial charge on any atom is -0.309 e. The maximum absolute atomic E-state index is 12.2. The van der Waals surface area contributed by atoms with Gasteiger partial charge in [-0.25, -0.2) is 4.98 Å². The minimum absolute atomic E-state index is 0.0556. The predicted molar refractivity (Wildman–Crippen MR) is 89.6 cm³/mol. The number of para-hydroxylation sites is 1. The third-order valence-electron chi connectivity index (χ3n) is 3.58. The first-order valence-electron chi connectivity index (χ1n) is 7.18. The number of H-pyrrole nitrogens is 1. The van der Waals surface area contributed by atoms with E-state index in [1.54, 1.807) is 6.07 Å². The molecule has 6 nitrogen and oxygen atoms in total. The summed E-state index contributed by atoms with van der Waals surface area (Å²) >= 11 is 1.51. The van der Waals surface area contributed by atoms with Crippen LogP contribution in [0.15, 0.2) is 58.6 Å². The van der Waals surface area contributed by atoms with Gasteiger partial charge in [-0.2, -0.15) is 0 Å². The molecule has 3 aromatic heterocycles. The first kappa shape index (κ1) is 14.0. The number of fused-ring (bicyclic) bond motifs is 2. The van der Waals surface area contributed by atoms with Crippen molar-refractivity contribution in [2.45, 2.75) is 17.3 Å². The fourth-order valence-electron chi connectivity index (χ4n) is 2.41. The zero-order valence-electron chi connectivity index (χ0n) is 12.3. The number of pyridine rings is 1. The number of nitrogens with one attached hydrogen (secondary N) is 1. The van der Waals surface area contributed by atoms with Gasteiger partial charge in [0.15, 0.2) is 10.8 Å². The van der Waals surface area contributed by atoms with Crippen molar-refractivity contribution in [3.8, 4) is 0 Å². The van der Waals surface area contributed by atoms with Crippen molar-refractivity contribution in [2.24, 2.45) is 0 Å². The van der Waals surface area contributed by atoms with Crippen LogP contribution < -0.4 is 5.56 Å². The molecule has 23 heavy (non-hydrogen) atoms. The summed E-state index contributed by atoms with van der Waals surface area (Å²) in [5, 5.41) is 9.64. The lowest BCUT2D eigenvalue weighted by atomic mass is 10.2. The van der Waals surface area contributed by atoms with Gasteiger partial charge in [-0.15, -0.1) is 10.2 Å². The second-order valence-electron chi connectivity index (χ2n) is 5.14. The number of hydrogen-bond acceptors (Lipinski definition) is 5. The van der Waals surface area contributed by atoms with Crippen LogP contribution in [0.5, 0.6) is 0 Å². The molecule has 1 atom stereocenters. The Morgan fingerprint density at radius 1 is 1.13 bits per heavy atom. The van der Waals surface area contributed by atoms with E-state index in [1.165, 1.54) is 11.8 Å². The number of thioether (sulfide) groups is 1. The molecule has 1 aromatic carbocycles. The third-order valence-corrected chi connectivity index (χ3v) is 4.65. The summed E-state index contributed by atoms with van der Waals surface area (Å²) < 4.78 is 1.92. The van der Waals surface area contributed by atoms with Gasteiger partial charge in [-0.3, -0.25) is 9.20 Å². The Morgan fingerprint density at radius 2 is 1.96 bits per heavy atom. The highest BCUT2D eigenvalue weighted by Gasteiger charge is 2.15. The van der Waals surface area contributed by atoms with E-state index in [4.69, 9.17) is 0 Å². The molecule has 0 saturated heterocycles. The van der Waals surface area contributed by atoms with E-state index in [1.807, 2.05) is 53.9 Å². The van der Waals surface area contributed by atoms with Crippen molar-refractivity contribution in [3.05, 3.63) is 64.8 Å². The Hall–Kier alpha value is -2.67. The number of hydrogen-bond donors (Lipinski definition) is 1. The Bertz CT molecular complexity index is 1050. The molecule has 0 bridgehead atoms. The van der Waals surface area contributed by atoms with Crippen LogP contribution in [0, 0.1) is 0 Å². The minimum atomic E-state index is -0.121. The van der Waals surface area contributed by atoms with Gasteiger partial charge in [-0.05, 0) is 31.2 Å². The Morgan fingerprint density at radius 3 is 2.87 bits per heavy atom. The highest BCUT2D eigenvalue weighted by Crippen LogP contribution is 2.31. The fourth-order valence-corrected chi connectivity index (χ4v) is 3.31. The molecule has 3 heterocycles. The quantitative estimate of drug-likeness (QED) is 0.587. The van der Waals surface area contributed by atoms with Crippen molar-refractivity contribution in [2.75, 3.05) is 0 Å². The zero-order valence-corrected chi connectivity index (χ0v) is 13.1. The molecule has 0 aliphatic rings. The van der Waals surface area contributed by atoms with Crippen LogP contribution in [-0.2, 0) is 0 Å². The average molecular weight is 323 g/mol. The van der Waals surface area contributed by atoms with E-state index in [9.17, 15) is 4.79 Å². The second-order valence-corrected chi connectivity index (χ2v) is 6.45. The summed E-state index contributed by atoms with van der Waals surface area (Å²) in [6, 6.07) is 13.1. The van der Waals surface area contributed by atoms with Crippen molar-refractivity contribution < 1.29 is 0 Å². The Labute approximate surface area is 135 Å². The highest BCUT2D eigenvalue weighted by molar-refractivity contribution is 7.99. The lowest BCUT2D eigenvalue weighted by molar-refractivity contribution is 0.883. The molecular weight excluding hydrogens is 310 g/mol. The van der Waals surface area contributed by atoms with Crippen LogP contribution in [0.2, 0.25) is 0 Å². The molecule has 4 aromatic rings. The molecule has 0 fully saturated rings. The largest absolute Gasteiger partial charge is 0.309 e. The van der Waals surface area contributed by atoms with Gasteiger partial charge in [0.05, 0.1) is 16.2 Å². The van der Waals surface area contributed by atoms with Gasteiger partial charge in [0.2, 0.25) is 0 Å². The van der Waals surface area contributed by atoms with E-state index in [2.05, 4.69) is 20.2 Å².